The number of ketones is 1. The number of rotatable bonds is 3. The average Bonchev–Trinajstić information content (AvgIpc) is 3.39. The second-order valence-electron chi connectivity index (χ2n) is 8.31. The van der Waals surface area contributed by atoms with E-state index in [1.54, 1.807) is 19.9 Å². The van der Waals surface area contributed by atoms with Gasteiger partial charge < -0.3 is 29.2 Å². The van der Waals surface area contributed by atoms with E-state index in [1.165, 1.54) is 13.8 Å². The fourth-order valence-electron chi connectivity index (χ4n) is 5.51. The van der Waals surface area contributed by atoms with Gasteiger partial charge in [-0.2, -0.15) is 0 Å². The van der Waals surface area contributed by atoms with Crippen LogP contribution >= 0.6 is 0 Å². The van der Waals surface area contributed by atoms with E-state index in [-0.39, 0.29) is 13.2 Å². The van der Waals surface area contributed by atoms with Crippen LogP contribution in [0.15, 0.2) is 11.6 Å². The van der Waals surface area contributed by atoms with Crippen molar-refractivity contribution in [1.82, 2.24) is 0 Å². The highest BCUT2D eigenvalue weighted by molar-refractivity contribution is 6.00. The molecule has 2 aliphatic heterocycles. The summed E-state index contributed by atoms with van der Waals surface area (Å²) in [6.45, 7) is 5.51. The minimum absolute atomic E-state index is 0.196. The molecule has 0 amide bonds. The van der Waals surface area contributed by atoms with Gasteiger partial charge in [0.15, 0.2) is 11.9 Å². The predicted molar refractivity (Wildman–Crippen MR) is 90.8 cm³/mol. The first kappa shape index (κ1) is 19.5. The third-order valence-electron chi connectivity index (χ3n) is 7.11. The number of fused-ring (bicyclic) bond motifs is 2. The molecule has 0 aromatic carbocycles. The molecule has 1 spiro atoms. The average molecular weight is 396 g/mol. The molecule has 0 aromatic heterocycles. The maximum Gasteiger partial charge on any atom is 0.303 e. The van der Waals surface area contributed by atoms with Crippen LogP contribution in [-0.2, 0) is 33.3 Å². The SMILES string of the molecule is CC(=O)OC[C@]12[C@H](O)C(=O)C(C)=C[C@H]1O[C@@H]1[C@H](OC(C)=O)[C@@H](O)[C@@]2(C)[C@@]12CO2. The van der Waals surface area contributed by atoms with Gasteiger partial charge in [0.1, 0.15) is 30.5 Å². The third-order valence-corrected chi connectivity index (χ3v) is 7.11. The van der Waals surface area contributed by atoms with E-state index in [2.05, 4.69) is 0 Å². The molecule has 154 valence electrons. The van der Waals surface area contributed by atoms with Crippen LogP contribution in [0.2, 0.25) is 0 Å². The highest BCUT2D eigenvalue weighted by atomic mass is 16.7. The van der Waals surface area contributed by atoms with Crippen molar-refractivity contribution in [3.8, 4) is 0 Å². The van der Waals surface area contributed by atoms with E-state index in [0.29, 0.717) is 5.57 Å². The Morgan fingerprint density at radius 2 is 1.93 bits per heavy atom. The summed E-state index contributed by atoms with van der Waals surface area (Å²) in [5, 5.41) is 22.4. The molecule has 4 aliphatic rings. The van der Waals surface area contributed by atoms with Crippen molar-refractivity contribution in [2.75, 3.05) is 13.2 Å². The Hall–Kier alpha value is -1.81. The molecule has 0 aromatic rings. The van der Waals surface area contributed by atoms with Gasteiger partial charge in [-0.05, 0) is 18.6 Å². The largest absolute Gasteiger partial charge is 0.465 e. The molecule has 2 aliphatic carbocycles. The topological polar surface area (TPSA) is 132 Å². The van der Waals surface area contributed by atoms with Gasteiger partial charge in [0.05, 0.1) is 18.1 Å². The predicted octanol–water partition coefficient (Wildman–Crippen LogP) is -0.725. The van der Waals surface area contributed by atoms with Crippen molar-refractivity contribution < 1.29 is 43.5 Å². The van der Waals surface area contributed by atoms with E-state index < -0.39 is 64.7 Å². The molecule has 0 radical (unpaired) electrons. The standard InChI is InChI=1S/C19H24O9/c1-8-5-11-18(6-25-9(2)20,14(23)12(8)22)17(4)15(24)13(27-10(3)21)16(28-11)19(17)7-26-19/h5,11,13-16,23-24H,6-7H2,1-4H3/t11-,13-,14-,15-,16-,17-,18-,19-/m1/s1. The Morgan fingerprint density at radius 1 is 1.29 bits per heavy atom. The second-order valence-corrected chi connectivity index (χ2v) is 8.31. The van der Waals surface area contributed by atoms with Gasteiger partial charge in [-0.1, -0.05) is 6.92 Å². The van der Waals surface area contributed by atoms with Crippen LogP contribution in [0.4, 0.5) is 0 Å². The highest BCUT2D eigenvalue weighted by Gasteiger charge is 2.87. The van der Waals surface area contributed by atoms with E-state index in [1.807, 2.05) is 0 Å². The zero-order chi connectivity index (χ0) is 20.6. The molecule has 3 fully saturated rings. The molecule has 9 nitrogen and oxygen atoms in total. The number of aliphatic hydroxyl groups is 2. The summed E-state index contributed by atoms with van der Waals surface area (Å²) in [5.41, 5.74) is -3.54. The summed E-state index contributed by atoms with van der Waals surface area (Å²) in [7, 11) is 0. The van der Waals surface area contributed by atoms with Crippen molar-refractivity contribution in [3.63, 3.8) is 0 Å². The zero-order valence-corrected chi connectivity index (χ0v) is 16.1. The van der Waals surface area contributed by atoms with Crippen molar-refractivity contribution in [2.45, 2.75) is 63.8 Å². The minimum atomic E-state index is -1.60. The Labute approximate surface area is 161 Å². The summed E-state index contributed by atoms with van der Waals surface area (Å²) < 4.78 is 22.5. The molecule has 1 saturated carbocycles. The maximum absolute atomic E-state index is 12.7. The monoisotopic (exact) mass is 396 g/mol. The fraction of sp³-hybridized carbons (Fsp3) is 0.737. The molecule has 28 heavy (non-hydrogen) atoms. The number of epoxide rings is 1. The van der Waals surface area contributed by atoms with Gasteiger partial charge in [-0.3, -0.25) is 14.4 Å². The molecule has 2 N–H and O–H groups in total. The van der Waals surface area contributed by atoms with Crippen LogP contribution < -0.4 is 0 Å². The van der Waals surface area contributed by atoms with Gasteiger partial charge >= 0.3 is 11.9 Å². The lowest BCUT2D eigenvalue weighted by Crippen LogP contribution is -2.72. The summed E-state index contributed by atoms with van der Waals surface area (Å²) in [4.78, 5) is 35.9. The maximum atomic E-state index is 12.7. The van der Waals surface area contributed by atoms with Crippen LogP contribution in [-0.4, -0.2) is 77.3 Å². The molecule has 8 atom stereocenters. The number of ether oxygens (including phenoxy) is 4. The van der Waals surface area contributed by atoms with Gasteiger partial charge in [0, 0.05) is 19.3 Å². The lowest BCUT2D eigenvalue weighted by molar-refractivity contribution is -0.256. The van der Waals surface area contributed by atoms with Crippen molar-refractivity contribution in [2.24, 2.45) is 10.8 Å². The second kappa shape index (κ2) is 5.85. The van der Waals surface area contributed by atoms with Crippen LogP contribution in [0.25, 0.3) is 0 Å². The number of hydrogen-bond acceptors (Lipinski definition) is 9. The lowest BCUT2D eigenvalue weighted by Gasteiger charge is -2.58. The normalized spacial score (nSPS) is 48.7. The number of carbonyl (C=O) groups excluding carboxylic acids is 3. The summed E-state index contributed by atoms with van der Waals surface area (Å²) in [6, 6.07) is 0. The number of Topliss-reactive ketones (excluding diaryl/α,β-unsaturated/α-hetero) is 1. The van der Waals surface area contributed by atoms with E-state index >= 15 is 0 Å². The van der Waals surface area contributed by atoms with E-state index in [4.69, 9.17) is 18.9 Å². The van der Waals surface area contributed by atoms with Crippen molar-refractivity contribution in [3.05, 3.63) is 11.6 Å². The third kappa shape index (κ3) is 2.07. The molecule has 2 saturated heterocycles. The first-order valence-electron chi connectivity index (χ1n) is 9.21. The summed E-state index contributed by atoms with van der Waals surface area (Å²) in [5.74, 6) is -1.73. The first-order chi connectivity index (χ1) is 13.0. The van der Waals surface area contributed by atoms with Crippen molar-refractivity contribution in [1.29, 1.82) is 0 Å². The quantitative estimate of drug-likeness (QED) is 0.468. The summed E-state index contributed by atoms with van der Waals surface area (Å²) >= 11 is 0. The van der Waals surface area contributed by atoms with Crippen LogP contribution in [0, 0.1) is 10.8 Å². The Bertz CT molecular complexity index is 784. The lowest BCUT2D eigenvalue weighted by atomic mass is 9.50. The number of esters is 2. The van der Waals surface area contributed by atoms with Crippen LogP contribution in [0.5, 0.6) is 0 Å². The van der Waals surface area contributed by atoms with Gasteiger partial charge in [0.25, 0.3) is 0 Å². The number of carbonyl (C=O) groups is 3. The van der Waals surface area contributed by atoms with Gasteiger partial charge in [-0.25, -0.2) is 0 Å². The number of hydrogen-bond donors (Lipinski definition) is 2. The molecular formula is C19H24O9. The highest BCUT2D eigenvalue weighted by Crippen LogP contribution is 2.71. The zero-order valence-electron chi connectivity index (χ0n) is 16.1. The molecule has 0 unspecified atom stereocenters. The summed E-state index contributed by atoms with van der Waals surface area (Å²) in [6.07, 6.45) is -4.00. The Morgan fingerprint density at radius 3 is 2.46 bits per heavy atom. The number of aliphatic hydroxyl groups excluding tert-OH is 2. The van der Waals surface area contributed by atoms with Crippen LogP contribution in [0.3, 0.4) is 0 Å². The van der Waals surface area contributed by atoms with Gasteiger partial charge in [0.2, 0.25) is 0 Å². The molecule has 2 bridgehead atoms. The van der Waals surface area contributed by atoms with Gasteiger partial charge in [-0.15, -0.1) is 0 Å². The minimum Gasteiger partial charge on any atom is -0.465 e. The fourth-order valence-corrected chi connectivity index (χ4v) is 5.51. The molecule has 4 rings (SSSR count). The van der Waals surface area contributed by atoms with E-state index in [9.17, 15) is 24.6 Å². The molecular weight excluding hydrogens is 372 g/mol. The smallest absolute Gasteiger partial charge is 0.303 e. The molecule has 9 heteroatoms. The Balaban J connectivity index is 1.91. The van der Waals surface area contributed by atoms with E-state index in [0.717, 1.165) is 0 Å². The Kier molecular flexibility index (Phi) is 4.08. The first-order valence-corrected chi connectivity index (χ1v) is 9.21. The molecule has 2 heterocycles. The van der Waals surface area contributed by atoms with Crippen molar-refractivity contribution >= 4 is 17.7 Å². The van der Waals surface area contributed by atoms with Crippen LogP contribution in [0.1, 0.15) is 27.7 Å².